The number of aromatic nitrogens is 2. The molecule has 2 aromatic carbocycles. The van der Waals surface area contributed by atoms with Gasteiger partial charge in [0.1, 0.15) is 11.6 Å². The fourth-order valence-electron chi connectivity index (χ4n) is 2.70. The first-order valence-electron chi connectivity index (χ1n) is 8.69. The van der Waals surface area contributed by atoms with Crippen molar-refractivity contribution >= 4 is 28.8 Å². The van der Waals surface area contributed by atoms with Crippen LogP contribution in [0.25, 0.3) is 11.4 Å². The van der Waals surface area contributed by atoms with E-state index in [1.807, 2.05) is 6.92 Å². The summed E-state index contributed by atoms with van der Waals surface area (Å²) in [7, 11) is 1.52. The normalized spacial score (nSPS) is 10.3. The molecule has 1 aromatic heterocycles. The highest BCUT2D eigenvalue weighted by Crippen LogP contribution is 2.30. The number of benzene rings is 2. The van der Waals surface area contributed by atoms with Crippen molar-refractivity contribution in [2.45, 2.75) is 13.8 Å². The summed E-state index contributed by atoms with van der Waals surface area (Å²) in [6.07, 6.45) is 0. The van der Waals surface area contributed by atoms with Crippen LogP contribution in [-0.4, -0.2) is 27.9 Å². The van der Waals surface area contributed by atoms with Crippen molar-refractivity contribution in [3.05, 3.63) is 64.3 Å². The van der Waals surface area contributed by atoms with E-state index in [1.54, 1.807) is 36.4 Å². The summed E-state index contributed by atoms with van der Waals surface area (Å²) in [5, 5.41) is 16.7. The summed E-state index contributed by atoms with van der Waals surface area (Å²) in [6, 6.07) is 13.1. The van der Waals surface area contributed by atoms with E-state index in [4.69, 9.17) is 4.74 Å². The molecule has 0 unspecified atom stereocenters. The molecule has 0 aliphatic rings. The van der Waals surface area contributed by atoms with Crippen LogP contribution in [-0.2, 0) is 4.79 Å². The Bertz CT molecular complexity index is 1070. The maximum Gasteiger partial charge on any atom is 0.269 e. The minimum Gasteiger partial charge on any atom is -0.494 e. The number of ether oxygens (including phenoxy) is 1. The number of non-ortho nitro benzene ring substituents is 1. The molecule has 29 heavy (non-hydrogen) atoms. The van der Waals surface area contributed by atoms with Gasteiger partial charge >= 0.3 is 0 Å². The summed E-state index contributed by atoms with van der Waals surface area (Å²) in [6.45, 7) is 3.26. The third kappa shape index (κ3) is 4.83. The van der Waals surface area contributed by atoms with Gasteiger partial charge in [-0.3, -0.25) is 14.9 Å². The van der Waals surface area contributed by atoms with E-state index in [9.17, 15) is 14.9 Å². The molecule has 3 aromatic rings. The number of aryl methyl sites for hydroxylation is 1. The molecule has 0 bridgehead atoms. The number of nitrogens with zero attached hydrogens (tertiary/aromatic N) is 3. The molecule has 0 fully saturated rings. The van der Waals surface area contributed by atoms with Crippen molar-refractivity contribution in [2.75, 3.05) is 17.7 Å². The van der Waals surface area contributed by atoms with Gasteiger partial charge in [-0.2, -0.15) is 0 Å². The molecule has 0 atom stereocenters. The van der Waals surface area contributed by atoms with Crippen molar-refractivity contribution in [1.82, 2.24) is 9.97 Å². The fraction of sp³-hybridized carbons (Fsp3) is 0.150. The zero-order valence-corrected chi connectivity index (χ0v) is 16.1. The molecule has 0 aliphatic heterocycles. The molecule has 9 heteroatoms. The lowest BCUT2D eigenvalue weighted by Crippen LogP contribution is -2.07. The number of carbonyl (C=O) groups is 1. The van der Waals surface area contributed by atoms with Crippen molar-refractivity contribution in [2.24, 2.45) is 0 Å². The van der Waals surface area contributed by atoms with Gasteiger partial charge in [-0.25, -0.2) is 9.97 Å². The maximum atomic E-state index is 11.3. The summed E-state index contributed by atoms with van der Waals surface area (Å²) in [5.74, 6) is 1.32. The molecule has 0 aliphatic carbocycles. The van der Waals surface area contributed by atoms with Gasteiger partial charge in [0.05, 0.1) is 17.7 Å². The van der Waals surface area contributed by atoms with Crippen LogP contribution < -0.4 is 15.4 Å². The molecular formula is C20H19N5O4. The Kier molecular flexibility index (Phi) is 5.68. The van der Waals surface area contributed by atoms with E-state index in [2.05, 4.69) is 20.6 Å². The van der Waals surface area contributed by atoms with E-state index in [1.165, 1.54) is 26.2 Å². The number of nitro benzene ring substituents is 1. The molecule has 0 saturated heterocycles. The summed E-state index contributed by atoms with van der Waals surface area (Å²) >= 11 is 0. The number of hydrogen-bond acceptors (Lipinski definition) is 7. The molecule has 1 amide bonds. The van der Waals surface area contributed by atoms with Gasteiger partial charge in [0.2, 0.25) is 5.91 Å². The number of nitrogens with one attached hydrogen (secondary N) is 2. The van der Waals surface area contributed by atoms with Crippen LogP contribution in [0.4, 0.5) is 22.9 Å². The first-order valence-corrected chi connectivity index (χ1v) is 8.69. The first kappa shape index (κ1) is 19.7. The van der Waals surface area contributed by atoms with Gasteiger partial charge < -0.3 is 15.4 Å². The second-order valence-electron chi connectivity index (χ2n) is 6.24. The van der Waals surface area contributed by atoms with Crippen molar-refractivity contribution in [3.8, 4) is 17.1 Å². The topological polar surface area (TPSA) is 119 Å². The summed E-state index contributed by atoms with van der Waals surface area (Å²) < 4.78 is 5.33. The average Bonchev–Trinajstić information content (AvgIpc) is 2.68. The third-order valence-electron chi connectivity index (χ3n) is 3.98. The standard InChI is InChI=1S/C20H19N5O4/c1-12-10-19(23-15-6-9-17(22-13(2)26)18(11-15)29-3)24-20(21-12)14-4-7-16(8-5-14)25(27)28/h4-11H,1-3H3,(H,22,26)(H,21,23,24). The monoisotopic (exact) mass is 393 g/mol. The highest BCUT2D eigenvalue weighted by Gasteiger charge is 2.10. The Labute approximate surface area is 166 Å². The lowest BCUT2D eigenvalue weighted by atomic mass is 10.2. The highest BCUT2D eigenvalue weighted by molar-refractivity contribution is 5.91. The number of rotatable bonds is 6. The minimum absolute atomic E-state index is 0.00565. The van der Waals surface area contributed by atoms with E-state index < -0.39 is 4.92 Å². The second kappa shape index (κ2) is 8.34. The Hall–Kier alpha value is -4.01. The van der Waals surface area contributed by atoms with Crippen LogP contribution in [0.2, 0.25) is 0 Å². The van der Waals surface area contributed by atoms with Gasteiger partial charge in [0, 0.05) is 48.1 Å². The number of nitro groups is 1. The largest absolute Gasteiger partial charge is 0.494 e. The van der Waals surface area contributed by atoms with E-state index >= 15 is 0 Å². The van der Waals surface area contributed by atoms with Crippen LogP contribution in [0.1, 0.15) is 12.6 Å². The van der Waals surface area contributed by atoms with Crippen LogP contribution in [0.5, 0.6) is 5.75 Å². The zero-order valence-electron chi connectivity index (χ0n) is 16.1. The smallest absolute Gasteiger partial charge is 0.269 e. The predicted octanol–water partition coefficient (Wildman–Crippen LogP) is 4.07. The average molecular weight is 393 g/mol. The molecular weight excluding hydrogens is 374 g/mol. The highest BCUT2D eigenvalue weighted by atomic mass is 16.6. The fourth-order valence-corrected chi connectivity index (χ4v) is 2.70. The van der Waals surface area contributed by atoms with Crippen molar-refractivity contribution < 1.29 is 14.5 Å². The Morgan fingerprint density at radius 3 is 2.45 bits per heavy atom. The molecule has 0 spiro atoms. The van der Waals surface area contributed by atoms with Gasteiger partial charge in [-0.15, -0.1) is 0 Å². The van der Waals surface area contributed by atoms with E-state index in [0.717, 1.165) is 5.69 Å². The van der Waals surface area contributed by atoms with Crippen LogP contribution in [0.15, 0.2) is 48.5 Å². The number of anilines is 3. The van der Waals surface area contributed by atoms with Crippen LogP contribution in [0, 0.1) is 17.0 Å². The van der Waals surface area contributed by atoms with Crippen molar-refractivity contribution in [3.63, 3.8) is 0 Å². The second-order valence-corrected chi connectivity index (χ2v) is 6.24. The third-order valence-corrected chi connectivity index (χ3v) is 3.98. The van der Waals surface area contributed by atoms with Gasteiger partial charge in [0.25, 0.3) is 5.69 Å². The quantitative estimate of drug-likeness (QED) is 0.478. The molecule has 3 rings (SSSR count). The maximum absolute atomic E-state index is 11.3. The van der Waals surface area contributed by atoms with Gasteiger partial charge in [0.15, 0.2) is 5.82 Å². The molecule has 0 radical (unpaired) electrons. The number of methoxy groups -OCH3 is 1. The number of hydrogen-bond donors (Lipinski definition) is 2. The molecule has 9 nitrogen and oxygen atoms in total. The molecule has 2 N–H and O–H groups in total. The first-order chi connectivity index (χ1) is 13.9. The number of carbonyl (C=O) groups excluding carboxylic acids is 1. The van der Waals surface area contributed by atoms with E-state index in [0.29, 0.717) is 34.3 Å². The summed E-state index contributed by atoms with van der Waals surface area (Å²) in [5.41, 5.74) is 2.68. The Balaban J connectivity index is 1.88. The Morgan fingerprint density at radius 2 is 1.83 bits per heavy atom. The molecule has 148 valence electrons. The van der Waals surface area contributed by atoms with E-state index in [-0.39, 0.29) is 11.6 Å². The summed E-state index contributed by atoms with van der Waals surface area (Å²) in [4.78, 5) is 30.6. The van der Waals surface area contributed by atoms with Crippen LogP contribution in [0.3, 0.4) is 0 Å². The lowest BCUT2D eigenvalue weighted by molar-refractivity contribution is -0.384. The van der Waals surface area contributed by atoms with Gasteiger partial charge in [-0.05, 0) is 31.2 Å². The minimum atomic E-state index is -0.453. The van der Waals surface area contributed by atoms with Crippen molar-refractivity contribution in [1.29, 1.82) is 0 Å². The number of amides is 1. The zero-order chi connectivity index (χ0) is 21.0. The SMILES string of the molecule is COc1cc(Nc2cc(C)nc(-c3ccc([N+](=O)[O-])cc3)n2)ccc1NC(C)=O. The van der Waals surface area contributed by atoms with Crippen LogP contribution >= 0.6 is 0 Å². The Morgan fingerprint density at radius 1 is 1.10 bits per heavy atom. The molecule has 0 saturated carbocycles. The lowest BCUT2D eigenvalue weighted by Gasteiger charge is -2.13. The molecule has 1 heterocycles. The van der Waals surface area contributed by atoms with Gasteiger partial charge in [-0.1, -0.05) is 0 Å². The predicted molar refractivity (Wildman–Crippen MR) is 109 cm³/mol.